The molecule has 0 spiro atoms. The van der Waals surface area contributed by atoms with Crippen LogP contribution in [0.2, 0.25) is 39.3 Å². The van der Waals surface area contributed by atoms with Gasteiger partial charge in [0.1, 0.15) is 12.7 Å². The summed E-state index contributed by atoms with van der Waals surface area (Å²) in [6.07, 6.45) is 12.2. The topological polar surface area (TPSA) is 40.0 Å². The molecule has 4 aliphatic rings. The van der Waals surface area contributed by atoms with Gasteiger partial charge < -0.3 is 13.7 Å². The predicted octanol–water partition coefficient (Wildman–Crippen LogP) is 7.86. The van der Waals surface area contributed by atoms with E-state index >= 15 is 0 Å². The molecule has 4 nitrogen and oxygen atoms in total. The molecular weight excluding hydrogens is 454 g/mol. The fraction of sp³-hybridized carbons (Fsp3) is 0.964. The zero-order chi connectivity index (χ0) is 25.2. The number of hydrogen-bond donors (Lipinski definition) is 0. The van der Waals surface area contributed by atoms with Crippen LogP contribution >= 0.6 is 0 Å². The Bertz CT molecular complexity index is 790. The van der Waals surface area contributed by atoms with E-state index < -0.39 is 16.6 Å². The molecule has 0 aromatic heterocycles. The summed E-state index contributed by atoms with van der Waals surface area (Å²) in [5.74, 6) is 3.27. The number of hydrogen-bond acceptors (Lipinski definition) is 4. The number of oxime groups is 1. The molecule has 8 atom stereocenters. The highest BCUT2D eigenvalue weighted by atomic mass is 28.4. The molecule has 0 aromatic rings. The highest BCUT2D eigenvalue weighted by molar-refractivity contribution is 6.70. The fourth-order valence-corrected chi connectivity index (χ4v) is 12.1. The molecule has 196 valence electrons. The molecule has 0 N–H and O–H groups in total. The maximum Gasteiger partial charge on any atom is 0.185 e. The van der Waals surface area contributed by atoms with E-state index in [4.69, 9.17) is 13.7 Å². The first kappa shape index (κ1) is 26.9. The summed E-state index contributed by atoms with van der Waals surface area (Å²) in [5, 5.41) is 4.52. The number of rotatable bonds is 6. The molecule has 0 radical (unpaired) electrons. The minimum absolute atomic E-state index is 0.155. The lowest BCUT2D eigenvalue weighted by Gasteiger charge is -2.62. The van der Waals surface area contributed by atoms with Gasteiger partial charge in [0.2, 0.25) is 0 Å². The Balaban J connectivity index is 1.60. The van der Waals surface area contributed by atoms with Gasteiger partial charge in [-0.2, -0.15) is 0 Å². The van der Waals surface area contributed by atoms with Crippen molar-refractivity contribution in [2.45, 2.75) is 130 Å². The van der Waals surface area contributed by atoms with E-state index in [1.54, 1.807) is 7.11 Å². The van der Waals surface area contributed by atoms with E-state index in [0.717, 1.165) is 35.8 Å². The average molecular weight is 508 g/mol. The van der Waals surface area contributed by atoms with Crippen LogP contribution in [0.3, 0.4) is 0 Å². The van der Waals surface area contributed by atoms with E-state index in [1.807, 2.05) is 0 Å². The van der Waals surface area contributed by atoms with Crippen LogP contribution in [-0.4, -0.2) is 41.2 Å². The van der Waals surface area contributed by atoms with Crippen molar-refractivity contribution in [1.82, 2.24) is 0 Å². The molecule has 4 fully saturated rings. The highest BCUT2D eigenvalue weighted by Crippen LogP contribution is 2.69. The van der Waals surface area contributed by atoms with Crippen LogP contribution in [-0.2, 0) is 13.7 Å². The van der Waals surface area contributed by atoms with Gasteiger partial charge in [0, 0.05) is 11.5 Å². The second-order valence-electron chi connectivity index (χ2n) is 14.7. The van der Waals surface area contributed by atoms with Gasteiger partial charge in [-0.1, -0.05) is 19.0 Å². The molecule has 0 unspecified atom stereocenters. The summed E-state index contributed by atoms with van der Waals surface area (Å²) in [6, 6.07) is 0. The molecule has 0 heterocycles. The van der Waals surface area contributed by atoms with Crippen LogP contribution in [0.4, 0.5) is 0 Å². The third-order valence-corrected chi connectivity index (χ3v) is 12.6. The van der Waals surface area contributed by atoms with E-state index in [2.05, 4.69) is 65.2 Å². The lowest BCUT2D eigenvalue weighted by atomic mass is 9.44. The monoisotopic (exact) mass is 507 g/mol. The van der Waals surface area contributed by atoms with Gasteiger partial charge in [-0.3, -0.25) is 0 Å². The van der Waals surface area contributed by atoms with Crippen molar-refractivity contribution >= 4 is 22.3 Å². The van der Waals surface area contributed by atoms with E-state index in [-0.39, 0.29) is 11.0 Å². The van der Waals surface area contributed by atoms with Gasteiger partial charge in [-0.05, 0) is 133 Å². The summed E-state index contributed by atoms with van der Waals surface area (Å²) < 4.78 is 13.8. The van der Waals surface area contributed by atoms with Crippen LogP contribution in [0.25, 0.3) is 0 Å². The van der Waals surface area contributed by atoms with Crippen LogP contribution in [0, 0.1) is 34.5 Å². The SMILES string of the molecule is CO/N=C(/C)[C@@]1(O[Si](C)(C)C)CC[C@H]2[C@@H]3CC[C@@H]4C[C@H](O[Si](C)(C)C)CC[C@]4(C)[C@H]3CC[C@@]21C. The van der Waals surface area contributed by atoms with Crippen molar-refractivity contribution in [2.24, 2.45) is 39.7 Å². The average Bonchev–Trinajstić information content (AvgIpc) is 2.99. The molecule has 0 aromatic carbocycles. The molecule has 4 aliphatic carbocycles. The maximum atomic E-state index is 7.16. The Hall–Kier alpha value is -0.176. The standard InChI is InChI=1S/C28H53NO3Si2/c1-20(29-30-4)28(32-34(8,9)10)18-15-25-23-12-11-21-19-22(31-33(5,6)7)13-16-26(21,2)24(23)14-17-27(25,28)3/h21-25H,11-19H2,1-10H3/b29-20-/t21-,22-,23-,24+,25+,26+,27+,28+/m1/s1. The predicted molar refractivity (Wildman–Crippen MR) is 147 cm³/mol. The number of nitrogens with zero attached hydrogens (tertiary/aromatic N) is 1. The summed E-state index contributed by atoms with van der Waals surface area (Å²) in [4.78, 5) is 5.33. The second kappa shape index (κ2) is 8.99. The Morgan fingerprint density at radius 3 is 2.12 bits per heavy atom. The quantitative estimate of drug-likeness (QED) is 0.209. The molecule has 34 heavy (non-hydrogen) atoms. The zero-order valence-electron chi connectivity index (χ0n) is 23.9. The van der Waals surface area contributed by atoms with Crippen LogP contribution in [0.1, 0.15) is 78.6 Å². The zero-order valence-corrected chi connectivity index (χ0v) is 25.9. The van der Waals surface area contributed by atoms with Crippen LogP contribution in [0.15, 0.2) is 5.16 Å². The van der Waals surface area contributed by atoms with Gasteiger partial charge in [-0.25, -0.2) is 0 Å². The fourth-order valence-electron chi connectivity index (χ4n) is 9.39. The van der Waals surface area contributed by atoms with Gasteiger partial charge in [0.25, 0.3) is 0 Å². The molecule has 6 heteroatoms. The van der Waals surface area contributed by atoms with Gasteiger partial charge in [0.05, 0.1) is 5.71 Å². The van der Waals surface area contributed by atoms with Gasteiger partial charge in [0.15, 0.2) is 16.6 Å². The largest absolute Gasteiger partial charge is 0.415 e. The minimum atomic E-state index is -1.77. The van der Waals surface area contributed by atoms with Crippen molar-refractivity contribution in [3.63, 3.8) is 0 Å². The Morgan fingerprint density at radius 1 is 0.824 bits per heavy atom. The highest BCUT2D eigenvalue weighted by Gasteiger charge is 2.67. The van der Waals surface area contributed by atoms with Crippen molar-refractivity contribution in [2.75, 3.05) is 7.11 Å². The third kappa shape index (κ3) is 4.52. The second-order valence-corrected chi connectivity index (χ2v) is 23.6. The molecule has 0 aliphatic heterocycles. The van der Waals surface area contributed by atoms with E-state index in [1.165, 1.54) is 51.4 Å². The lowest BCUT2D eigenvalue weighted by molar-refractivity contribution is -0.139. The maximum absolute atomic E-state index is 7.16. The minimum Gasteiger partial charge on any atom is -0.415 e. The summed E-state index contributed by atoms with van der Waals surface area (Å²) in [5.41, 5.74) is 1.46. The van der Waals surface area contributed by atoms with E-state index in [0.29, 0.717) is 11.5 Å². The summed E-state index contributed by atoms with van der Waals surface area (Å²) in [7, 11) is -1.56. The first-order valence-electron chi connectivity index (χ1n) is 14.1. The Morgan fingerprint density at radius 2 is 1.50 bits per heavy atom. The lowest BCUT2D eigenvalue weighted by Crippen LogP contribution is -2.61. The van der Waals surface area contributed by atoms with Gasteiger partial charge in [-0.15, -0.1) is 0 Å². The molecular formula is C28H53NO3Si2. The number of fused-ring (bicyclic) bond motifs is 5. The molecule has 4 saturated carbocycles. The smallest absolute Gasteiger partial charge is 0.185 e. The molecule has 0 saturated heterocycles. The van der Waals surface area contributed by atoms with Crippen LogP contribution < -0.4 is 0 Å². The van der Waals surface area contributed by atoms with Crippen molar-refractivity contribution in [3.05, 3.63) is 0 Å². The molecule has 0 amide bonds. The Labute approximate surface area is 212 Å². The Kier molecular flexibility index (Phi) is 7.10. The molecule has 0 bridgehead atoms. The van der Waals surface area contributed by atoms with Crippen molar-refractivity contribution < 1.29 is 13.7 Å². The van der Waals surface area contributed by atoms with E-state index in [9.17, 15) is 0 Å². The normalized spacial score (nSPS) is 45.4. The van der Waals surface area contributed by atoms with Gasteiger partial charge >= 0.3 is 0 Å². The first-order chi connectivity index (χ1) is 15.7. The summed E-state index contributed by atoms with van der Waals surface area (Å²) >= 11 is 0. The van der Waals surface area contributed by atoms with Crippen LogP contribution in [0.5, 0.6) is 0 Å². The third-order valence-electron chi connectivity index (χ3n) is 10.6. The van der Waals surface area contributed by atoms with Crippen molar-refractivity contribution in [1.29, 1.82) is 0 Å². The molecule has 4 rings (SSSR count). The van der Waals surface area contributed by atoms with Crippen molar-refractivity contribution in [3.8, 4) is 0 Å². The summed E-state index contributed by atoms with van der Waals surface area (Å²) in [6.45, 7) is 21.5. The first-order valence-corrected chi connectivity index (χ1v) is 20.9.